The number of hydrogen-bond acceptors (Lipinski definition) is 1. The van der Waals surface area contributed by atoms with Gasteiger partial charge >= 0.3 is 0 Å². The van der Waals surface area contributed by atoms with Gasteiger partial charge < -0.3 is 4.74 Å². The van der Waals surface area contributed by atoms with Crippen molar-refractivity contribution in [2.75, 3.05) is 6.61 Å². The Morgan fingerprint density at radius 3 is 2.37 bits per heavy atom. The van der Waals surface area contributed by atoms with Gasteiger partial charge in [-0.25, -0.2) is 0 Å². The van der Waals surface area contributed by atoms with Gasteiger partial charge in [0.25, 0.3) is 0 Å². The second kappa shape index (κ2) is 6.58. The van der Waals surface area contributed by atoms with E-state index in [4.69, 9.17) is 4.74 Å². The van der Waals surface area contributed by atoms with Crippen LogP contribution >= 0.6 is 31.9 Å². The lowest BCUT2D eigenvalue weighted by atomic mass is 10.0. The van der Waals surface area contributed by atoms with Gasteiger partial charge in [0, 0.05) is 4.47 Å². The number of ether oxygens (including phenoxy) is 1. The van der Waals surface area contributed by atoms with Crippen molar-refractivity contribution in [3.8, 4) is 5.75 Å². The lowest BCUT2D eigenvalue weighted by Gasteiger charge is -2.14. The van der Waals surface area contributed by atoms with Gasteiger partial charge in [0.15, 0.2) is 0 Å². The van der Waals surface area contributed by atoms with E-state index >= 15 is 0 Å². The van der Waals surface area contributed by atoms with Crippen molar-refractivity contribution in [2.45, 2.75) is 18.7 Å². The smallest absolute Gasteiger partial charge is 0.119 e. The molecule has 0 saturated heterocycles. The second-order valence-electron chi connectivity index (χ2n) is 4.37. The lowest BCUT2D eigenvalue weighted by molar-refractivity contribution is 0.340. The van der Waals surface area contributed by atoms with E-state index in [1.807, 2.05) is 19.1 Å². The predicted molar refractivity (Wildman–Crippen MR) is 87.3 cm³/mol. The molecule has 0 bridgehead atoms. The second-order valence-corrected chi connectivity index (χ2v) is 6.20. The standard InChI is InChI=1S/C16H16Br2O/c1-3-19-14-7-4-12(5-8-14)16(18)15-9-6-13(17)10-11(15)2/h4-10,16H,3H2,1-2H3. The van der Waals surface area contributed by atoms with E-state index in [2.05, 4.69) is 69.1 Å². The van der Waals surface area contributed by atoms with E-state index in [1.165, 1.54) is 16.7 Å². The number of hydrogen-bond donors (Lipinski definition) is 0. The number of halogens is 2. The summed E-state index contributed by atoms with van der Waals surface area (Å²) >= 11 is 7.27. The van der Waals surface area contributed by atoms with Gasteiger partial charge in [-0.15, -0.1) is 0 Å². The number of aryl methyl sites for hydroxylation is 1. The van der Waals surface area contributed by atoms with Crippen molar-refractivity contribution in [2.24, 2.45) is 0 Å². The SMILES string of the molecule is CCOc1ccc(C(Br)c2ccc(Br)cc2C)cc1. The van der Waals surface area contributed by atoms with Crippen molar-refractivity contribution in [1.82, 2.24) is 0 Å². The van der Waals surface area contributed by atoms with Crippen LogP contribution in [0.15, 0.2) is 46.9 Å². The first-order valence-corrected chi connectivity index (χ1v) is 7.95. The summed E-state index contributed by atoms with van der Waals surface area (Å²) in [5, 5.41) is 0. The first-order valence-electron chi connectivity index (χ1n) is 6.24. The Kier molecular flexibility index (Phi) is 5.06. The maximum absolute atomic E-state index is 5.46. The van der Waals surface area contributed by atoms with Crippen LogP contribution in [0.4, 0.5) is 0 Å². The number of rotatable bonds is 4. The molecule has 19 heavy (non-hydrogen) atoms. The van der Waals surface area contributed by atoms with Gasteiger partial charge in [-0.1, -0.05) is 50.1 Å². The van der Waals surface area contributed by atoms with Crippen LogP contribution < -0.4 is 4.74 Å². The normalized spacial score (nSPS) is 12.2. The van der Waals surface area contributed by atoms with Crippen molar-refractivity contribution in [3.05, 3.63) is 63.6 Å². The molecule has 3 heteroatoms. The van der Waals surface area contributed by atoms with E-state index < -0.39 is 0 Å². The highest BCUT2D eigenvalue weighted by Gasteiger charge is 2.12. The average molecular weight is 384 g/mol. The van der Waals surface area contributed by atoms with E-state index in [1.54, 1.807) is 0 Å². The topological polar surface area (TPSA) is 9.23 Å². The Bertz CT molecular complexity index is 549. The monoisotopic (exact) mass is 382 g/mol. The molecule has 1 nitrogen and oxygen atoms in total. The molecular formula is C16H16Br2O. The van der Waals surface area contributed by atoms with E-state index in [0.717, 1.165) is 10.2 Å². The Morgan fingerprint density at radius 2 is 1.79 bits per heavy atom. The zero-order valence-electron chi connectivity index (χ0n) is 11.0. The third kappa shape index (κ3) is 3.61. The highest BCUT2D eigenvalue weighted by molar-refractivity contribution is 9.10. The fourth-order valence-corrected chi connectivity index (χ4v) is 3.30. The Morgan fingerprint density at radius 1 is 1.11 bits per heavy atom. The Labute approximate surface area is 131 Å². The van der Waals surface area contributed by atoms with Gasteiger partial charge in [-0.05, 0) is 54.8 Å². The molecule has 0 N–H and O–H groups in total. The molecule has 0 aliphatic heterocycles. The molecular weight excluding hydrogens is 368 g/mol. The van der Waals surface area contributed by atoms with Crippen LogP contribution in [0.3, 0.4) is 0 Å². The maximum Gasteiger partial charge on any atom is 0.119 e. The zero-order chi connectivity index (χ0) is 13.8. The summed E-state index contributed by atoms with van der Waals surface area (Å²) in [7, 11) is 0. The van der Waals surface area contributed by atoms with Gasteiger partial charge in [-0.3, -0.25) is 0 Å². The van der Waals surface area contributed by atoms with Crippen molar-refractivity contribution < 1.29 is 4.74 Å². The summed E-state index contributed by atoms with van der Waals surface area (Å²) in [5.74, 6) is 0.915. The molecule has 2 aromatic carbocycles. The highest BCUT2D eigenvalue weighted by atomic mass is 79.9. The van der Waals surface area contributed by atoms with Crippen LogP contribution in [-0.4, -0.2) is 6.61 Å². The third-order valence-corrected chi connectivity index (χ3v) is 4.50. The minimum atomic E-state index is 0.205. The van der Waals surface area contributed by atoms with Crippen LogP contribution in [0.2, 0.25) is 0 Å². The molecule has 0 aliphatic carbocycles. The van der Waals surface area contributed by atoms with Gasteiger partial charge in [0.1, 0.15) is 5.75 Å². The van der Waals surface area contributed by atoms with Crippen molar-refractivity contribution in [3.63, 3.8) is 0 Å². The van der Waals surface area contributed by atoms with Crippen LogP contribution in [0.5, 0.6) is 5.75 Å². The van der Waals surface area contributed by atoms with E-state index in [0.29, 0.717) is 6.61 Å². The lowest BCUT2D eigenvalue weighted by Crippen LogP contribution is -1.97. The molecule has 2 rings (SSSR count). The fraction of sp³-hybridized carbons (Fsp3) is 0.250. The largest absolute Gasteiger partial charge is 0.494 e. The van der Waals surface area contributed by atoms with Crippen LogP contribution in [0, 0.1) is 6.92 Å². The number of benzene rings is 2. The molecule has 2 aromatic rings. The fourth-order valence-electron chi connectivity index (χ4n) is 2.00. The summed E-state index contributed by atoms with van der Waals surface area (Å²) in [5.41, 5.74) is 3.78. The minimum absolute atomic E-state index is 0.205. The van der Waals surface area contributed by atoms with Crippen LogP contribution in [0.25, 0.3) is 0 Å². The molecule has 1 atom stereocenters. The molecule has 100 valence electrons. The molecule has 0 spiro atoms. The van der Waals surface area contributed by atoms with Crippen LogP contribution in [-0.2, 0) is 0 Å². The summed E-state index contributed by atoms with van der Waals surface area (Å²) < 4.78 is 6.58. The highest BCUT2D eigenvalue weighted by Crippen LogP contribution is 2.34. The Hall–Kier alpha value is -0.800. The van der Waals surface area contributed by atoms with Crippen molar-refractivity contribution in [1.29, 1.82) is 0 Å². The molecule has 0 fully saturated rings. The molecule has 0 radical (unpaired) electrons. The van der Waals surface area contributed by atoms with Gasteiger partial charge in [-0.2, -0.15) is 0 Å². The summed E-state index contributed by atoms with van der Waals surface area (Å²) in [6, 6.07) is 14.6. The van der Waals surface area contributed by atoms with Crippen molar-refractivity contribution >= 4 is 31.9 Å². The summed E-state index contributed by atoms with van der Waals surface area (Å²) in [6.07, 6.45) is 0. The summed E-state index contributed by atoms with van der Waals surface area (Å²) in [4.78, 5) is 0.205. The maximum atomic E-state index is 5.46. The Balaban J connectivity index is 2.25. The minimum Gasteiger partial charge on any atom is -0.494 e. The molecule has 0 amide bonds. The molecule has 0 aromatic heterocycles. The first-order chi connectivity index (χ1) is 9.11. The number of alkyl halides is 1. The van der Waals surface area contributed by atoms with Gasteiger partial charge in [0.2, 0.25) is 0 Å². The van der Waals surface area contributed by atoms with Crippen LogP contribution in [0.1, 0.15) is 28.4 Å². The zero-order valence-corrected chi connectivity index (χ0v) is 14.2. The van der Waals surface area contributed by atoms with E-state index in [9.17, 15) is 0 Å². The van der Waals surface area contributed by atoms with E-state index in [-0.39, 0.29) is 4.83 Å². The molecule has 0 saturated carbocycles. The molecule has 0 heterocycles. The third-order valence-electron chi connectivity index (χ3n) is 2.99. The molecule has 0 aliphatic rings. The summed E-state index contributed by atoms with van der Waals surface area (Å²) in [6.45, 7) is 4.82. The quantitative estimate of drug-likeness (QED) is 0.620. The molecule has 1 unspecified atom stereocenters. The first kappa shape index (κ1) is 14.6. The predicted octanol–water partition coefficient (Wildman–Crippen LogP) is 5.64. The average Bonchev–Trinajstić information content (AvgIpc) is 2.39. The van der Waals surface area contributed by atoms with Gasteiger partial charge in [0.05, 0.1) is 11.4 Å².